The molecule has 1 aliphatic heterocycles. The fraction of sp³-hybridized carbons (Fsp3) is 0.500. The Balaban J connectivity index is 2.25. The minimum absolute atomic E-state index is 0.126. The lowest BCUT2D eigenvalue weighted by molar-refractivity contribution is 0.0698. The second kappa shape index (κ2) is 6.16. The molecular formula is C16H22N2O3. The summed E-state index contributed by atoms with van der Waals surface area (Å²) in [6.45, 7) is 5.86. The average Bonchev–Trinajstić information content (AvgIpc) is 2.40. The maximum Gasteiger partial charge on any atom is 0.337 e. The Morgan fingerprint density at radius 3 is 2.43 bits per heavy atom. The normalized spacial score (nSPS) is 22.0. The molecular weight excluding hydrogens is 268 g/mol. The molecule has 1 fully saturated rings. The first-order chi connectivity index (χ1) is 9.91. The number of para-hydroxylation sites is 1. The number of benzene rings is 1. The summed E-state index contributed by atoms with van der Waals surface area (Å²) in [5, 5.41) is 12.0. The number of nitrogens with one attached hydrogen (secondary N) is 1. The van der Waals surface area contributed by atoms with Crippen molar-refractivity contribution in [2.45, 2.75) is 52.1 Å². The Morgan fingerprint density at radius 1 is 1.24 bits per heavy atom. The van der Waals surface area contributed by atoms with E-state index in [1.165, 1.54) is 6.07 Å². The van der Waals surface area contributed by atoms with Gasteiger partial charge < -0.3 is 15.3 Å². The average molecular weight is 290 g/mol. The van der Waals surface area contributed by atoms with Gasteiger partial charge in [0.25, 0.3) is 0 Å². The molecule has 0 saturated carbocycles. The highest BCUT2D eigenvalue weighted by molar-refractivity contribution is 6.01. The van der Waals surface area contributed by atoms with E-state index in [9.17, 15) is 14.7 Å². The van der Waals surface area contributed by atoms with Crippen LogP contribution in [0.1, 0.15) is 49.0 Å². The number of carbonyl (C=O) groups excluding carboxylic acids is 1. The molecule has 1 aromatic rings. The van der Waals surface area contributed by atoms with Crippen LogP contribution < -0.4 is 5.32 Å². The first-order valence-electron chi connectivity index (χ1n) is 7.34. The molecule has 0 radical (unpaired) electrons. The van der Waals surface area contributed by atoms with Crippen LogP contribution in [0, 0.1) is 6.92 Å². The monoisotopic (exact) mass is 290 g/mol. The van der Waals surface area contributed by atoms with Gasteiger partial charge in [0.1, 0.15) is 0 Å². The molecule has 2 N–H and O–H groups in total. The van der Waals surface area contributed by atoms with E-state index < -0.39 is 5.97 Å². The highest BCUT2D eigenvalue weighted by atomic mass is 16.4. The van der Waals surface area contributed by atoms with Gasteiger partial charge in [-0.25, -0.2) is 9.59 Å². The lowest BCUT2D eigenvalue weighted by Crippen LogP contribution is -2.49. The number of aryl methyl sites for hydroxylation is 1. The van der Waals surface area contributed by atoms with Gasteiger partial charge in [-0.2, -0.15) is 0 Å². The number of aromatic carboxylic acids is 1. The van der Waals surface area contributed by atoms with Crippen LogP contribution in [-0.4, -0.2) is 34.1 Å². The van der Waals surface area contributed by atoms with Crippen LogP contribution in [0.4, 0.5) is 10.5 Å². The minimum Gasteiger partial charge on any atom is -0.478 e. The number of nitrogens with zero attached hydrogens (tertiary/aromatic N) is 1. The first-order valence-corrected chi connectivity index (χ1v) is 7.34. The van der Waals surface area contributed by atoms with Crippen LogP contribution in [0.3, 0.4) is 0 Å². The molecule has 21 heavy (non-hydrogen) atoms. The van der Waals surface area contributed by atoms with Crippen molar-refractivity contribution in [3.8, 4) is 0 Å². The number of carbonyl (C=O) groups is 2. The smallest absolute Gasteiger partial charge is 0.337 e. The van der Waals surface area contributed by atoms with Gasteiger partial charge in [0.15, 0.2) is 0 Å². The molecule has 5 nitrogen and oxygen atoms in total. The van der Waals surface area contributed by atoms with Gasteiger partial charge in [0, 0.05) is 12.1 Å². The highest BCUT2D eigenvalue weighted by Gasteiger charge is 2.29. The number of hydrogen-bond donors (Lipinski definition) is 2. The van der Waals surface area contributed by atoms with Crippen molar-refractivity contribution in [3.63, 3.8) is 0 Å². The van der Waals surface area contributed by atoms with Gasteiger partial charge in [-0.3, -0.25) is 0 Å². The third-order valence-electron chi connectivity index (χ3n) is 4.16. The number of carboxylic acids is 1. The first kappa shape index (κ1) is 15.4. The van der Waals surface area contributed by atoms with Crippen LogP contribution in [0.15, 0.2) is 18.2 Å². The number of hydrogen-bond acceptors (Lipinski definition) is 2. The van der Waals surface area contributed by atoms with Crippen LogP contribution in [0.25, 0.3) is 0 Å². The van der Waals surface area contributed by atoms with Gasteiger partial charge in [0.2, 0.25) is 0 Å². The van der Waals surface area contributed by atoms with Crippen molar-refractivity contribution in [3.05, 3.63) is 29.3 Å². The second-order valence-electron chi connectivity index (χ2n) is 5.77. The van der Waals surface area contributed by atoms with E-state index in [-0.39, 0.29) is 23.7 Å². The fourth-order valence-electron chi connectivity index (χ4n) is 3.00. The summed E-state index contributed by atoms with van der Waals surface area (Å²) in [5.41, 5.74) is 1.27. The van der Waals surface area contributed by atoms with E-state index in [0.717, 1.165) is 24.8 Å². The summed E-state index contributed by atoms with van der Waals surface area (Å²) in [5.74, 6) is -1.03. The topological polar surface area (TPSA) is 69.6 Å². The zero-order chi connectivity index (χ0) is 15.6. The number of piperidine rings is 1. The predicted molar refractivity (Wildman–Crippen MR) is 81.8 cm³/mol. The molecule has 5 heteroatoms. The number of likely N-dealkylation sites (tertiary alicyclic amines) is 1. The third kappa shape index (κ3) is 3.17. The van der Waals surface area contributed by atoms with Crippen molar-refractivity contribution < 1.29 is 14.7 Å². The molecule has 2 rings (SSSR count). The number of carboxylic acid groups (broad SMARTS) is 1. The maximum absolute atomic E-state index is 12.5. The van der Waals surface area contributed by atoms with Gasteiger partial charge in [-0.15, -0.1) is 0 Å². The number of amides is 2. The molecule has 0 bridgehead atoms. The van der Waals surface area contributed by atoms with E-state index in [1.807, 2.05) is 18.7 Å². The van der Waals surface area contributed by atoms with E-state index in [0.29, 0.717) is 5.69 Å². The van der Waals surface area contributed by atoms with Gasteiger partial charge in [-0.1, -0.05) is 12.1 Å². The number of urea groups is 1. The van der Waals surface area contributed by atoms with Crippen molar-refractivity contribution in [1.82, 2.24) is 4.90 Å². The number of anilines is 1. The maximum atomic E-state index is 12.5. The fourth-order valence-corrected chi connectivity index (χ4v) is 3.00. The van der Waals surface area contributed by atoms with Crippen LogP contribution in [0.2, 0.25) is 0 Å². The second-order valence-corrected chi connectivity index (χ2v) is 5.77. The summed E-state index contributed by atoms with van der Waals surface area (Å²) in [6, 6.07) is 5.11. The molecule has 1 saturated heterocycles. The summed E-state index contributed by atoms with van der Waals surface area (Å²) in [6.07, 6.45) is 3.09. The van der Waals surface area contributed by atoms with E-state index >= 15 is 0 Å². The van der Waals surface area contributed by atoms with Crippen molar-refractivity contribution in [1.29, 1.82) is 0 Å². The number of rotatable bonds is 2. The summed E-state index contributed by atoms with van der Waals surface area (Å²) >= 11 is 0. The minimum atomic E-state index is -1.03. The zero-order valence-electron chi connectivity index (χ0n) is 12.7. The molecule has 2 unspecified atom stereocenters. The van der Waals surface area contributed by atoms with Crippen molar-refractivity contribution >= 4 is 17.7 Å². The lowest BCUT2D eigenvalue weighted by Gasteiger charge is -2.39. The molecule has 0 aliphatic carbocycles. The zero-order valence-corrected chi connectivity index (χ0v) is 12.7. The van der Waals surface area contributed by atoms with Crippen molar-refractivity contribution in [2.24, 2.45) is 0 Å². The molecule has 2 amide bonds. The Morgan fingerprint density at radius 2 is 1.86 bits per heavy atom. The Labute approximate surface area is 125 Å². The Kier molecular flexibility index (Phi) is 4.50. The van der Waals surface area contributed by atoms with E-state index in [1.54, 1.807) is 19.1 Å². The van der Waals surface area contributed by atoms with Crippen LogP contribution >= 0.6 is 0 Å². The SMILES string of the molecule is Cc1cccc(C(=O)O)c1NC(=O)N1C(C)CCCC1C. The van der Waals surface area contributed by atoms with Gasteiger partial charge in [0.05, 0.1) is 11.3 Å². The lowest BCUT2D eigenvalue weighted by atomic mass is 9.98. The summed E-state index contributed by atoms with van der Waals surface area (Å²) in [7, 11) is 0. The summed E-state index contributed by atoms with van der Waals surface area (Å²) in [4.78, 5) is 25.7. The van der Waals surface area contributed by atoms with Crippen LogP contribution in [0.5, 0.6) is 0 Å². The van der Waals surface area contributed by atoms with E-state index in [4.69, 9.17) is 0 Å². The predicted octanol–water partition coefficient (Wildman–Crippen LogP) is 3.49. The van der Waals surface area contributed by atoms with Crippen LogP contribution in [-0.2, 0) is 0 Å². The van der Waals surface area contributed by atoms with E-state index in [2.05, 4.69) is 5.32 Å². The Bertz CT molecular complexity index is 546. The molecule has 0 spiro atoms. The standard InChI is InChI=1S/C16H22N2O3/c1-10-6-4-9-13(15(19)20)14(10)17-16(21)18-11(2)7-5-8-12(18)3/h4,6,9,11-12H,5,7-8H2,1-3H3,(H,17,21)(H,19,20). The van der Waals surface area contributed by atoms with Crippen molar-refractivity contribution in [2.75, 3.05) is 5.32 Å². The molecule has 0 aromatic heterocycles. The molecule has 114 valence electrons. The molecule has 1 aromatic carbocycles. The summed E-state index contributed by atoms with van der Waals surface area (Å²) < 4.78 is 0. The molecule has 1 heterocycles. The quantitative estimate of drug-likeness (QED) is 0.876. The van der Waals surface area contributed by atoms with Gasteiger partial charge >= 0.3 is 12.0 Å². The largest absolute Gasteiger partial charge is 0.478 e. The molecule has 1 aliphatic rings. The highest BCUT2D eigenvalue weighted by Crippen LogP contribution is 2.26. The van der Waals surface area contributed by atoms with Gasteiger partial charge in [-0.05, 0) is 51.7 Å². The Hall–Kier alpha value is -2.04. The third-order valence-corrected chi connectivity index (χ3v) is 4.16. The molecule has 2 atom stereocenters.